The molecule has 0 spiro atoms. The first-order valence-corrected chi connectivity index (χ1v) is 26.3. The minimum atomic E-state index is -4.76. The number of carboxylic acids is 1. The summed E-state index contributed by atoms with van der Waals surface area (Å²) < 4.78 is 32.7. The predicted molar refractivity (Wildman–Crippen MR) is 255 cm³/mol. The summed E-state index contributed by atoms with van der Waals surface area (Å²) >= 11 is 0. The molecule has 0 bridgehead atoms. The summed E-state index contributed by atoms with van der Waals surface area (Å²) in [6, 6.07) is -1.54. The molecule has 0 aliphatic heterocycles. The molecule has 0 aliphatic rings. The van der Waals surface area contributed by atoms with Gasteiger partial charge in [-0.3, -0.25) is 23.4 Å². The Balaban J connectivity index is 4.39. The molecule has 0 fully saturated rings. The van der Waals surface area contributed by atoms with Crippen molar-refractivity contribution in [1.82, 2.24) is 0 Å². The van der Waals surface area contributed by atoms with Crippen molar-refractivity contribution in [2.75, 3.05) is 19.8 Å². The van der Waals surface area contributed by atoms with Crippen LogP contribution >= 0.6 is 7.82 Å². The molecule has 2 unspecified atom stereocenters. The van der Waals surface area contributed by atoms with Crippen molar-refractivity contribution in [2.45, 2.75) is 231 Å². The second-order valence-corrected chi connectivity index (χ2v) is 18.3. The number of carbonyl (C=O) groups is 3. The summed E-state index contributed by atoms with van der Waals surface area (Å²) in [6.07, 6.45) is 47.8. The summed E-state index contributed by atoms with van der Waals surface area (Å²) in [5, 5.41) is 19.1. The van der Waals surface area contributed by atoms with E-state index in [1.165, 1.54) is 128 Å². The van der Waals surface area contributed by atoms with E-state index in [0.29, 0.717) is 25.7 Å². The number of aliphatic hydroxyl groups is 1. The molecule has 0 saturated carbocycles. The maximum atomic E-state index is 12.6. The highest BCUT2D eigenvalue weighted by Crippen LogP contribution is 2.43. The summed E-state index contributed by atoms with van der Waals surface area (Å²) in [5.74, 6) is -2.52. The number of rotatable bonds is 46. The van der Waals surface area contributed by atoms with Gasteiger partial charge in [0.2, 0.25) is 0 Å². The number of nitrogens with two attached hydrogens (primary N) is 1. The molecular formula is C50H90NO11P. The lowest BCUT2D eigenvalue weighted by Crippen LogP contribution is -2.34. The quantitative estimate of drug-likeness (QED) is 0.0149. The molecule has 0 rings (SSSR count). The number of carboxylic acid groups (broad SMARTS) is 1. The molecule has 0 aromatic heterocycles. The topological polar surface area (TPSA) is 192 Å². The van der Waals surface area contributed by atoms with Gasteiger partial charge in [-0.25, -0.2) is 4.57 Å². The number of allylic oxidation sites excluding steroid dienone is 6. The summed E-state index contributed by atoms with van der Waals surface area (Å²) in [7, 11) is -4.76. The van der Waals surface area contributed by atoms with Crippen LogP contribution in [0.3, 0.4) is 0 Å². The molecule has 5 N–H and O–H groups in total. The SMILES string of the molecule is CCCCC/C=C\C/C=C\CC(O)/C=C\C=C\CCCC(=O)O[C@H](COC(=O)CCCCCCCCCCCCCCCCCCCCCCC)COP(=O)(O)OC[C@H](N)C(=O)O. The van der Waals surface area contributed by atoms with E-state index >= 15 is 0 Å². The van der Waals surface area contributed by atoms with Gasteiger partial charge >= 0.3 is 25.7 Å². The fourth-order valence-corrected chi connectivity index (χ4v) is 7.51. The van der Waals surface area contributed by atoms with Gasteiger partial charge in [-0.15, -0.1) is 0 Å². The van der Waals surface area contributed by atoms with Gasteiger partial charge in [0, 0.05) is 12.8 Å². The fraction of sp³-hybridized carbons (Fsp3) is 0.780. The van der Waals surface area contributed by atoms with Crippen LogP contribution in [0.4, 0.5) is 0 Å². The number of aliphatic hydroxyl groups excluding tert-OH is 1. The molecule has 4 atom stereocenters. The number of hydrogen-bond acceptors (Lipinski definition) is 10. The van der Waals surface area contributed by atoms with Crippen molar-refractivity contribution in [3.8, 4) is 0 Å². The van der Waals surface area contributed by atoms with Crippen LogP contribution in [0.15, 0.2) is 48.6 Å². The average Bonchev–Trinajstić information content (AvgIpc) is 3.26. The normalized spacial score (nSPS) is 14.5. The van der Waals surface area contributed by atoms with Gasteiger partial charge < -0.3 is 30.3 Å². The van der Waals surface area contributed by atoms with E-state index in [-0.39, 0.29) is 12.8 Å². The van der Waals surface area contributed by atoms with Crippen LogP contribution < -0.4 is 5.73 Å². The number of phosphoric acid groups is 1. The predicted octanol–water partition coefficient (Wildman–Crippen LogP) is 12.7. The van der Waals surface area contributed by atoms with Gasteiger partial charge in [-0.05, 0) is 44.9 Å². The molecule has 366 valence electrons. The molecule has 12 nitrogen and oxygen atoms in total. The van der Waals surface area contributed by atoms with E-state index in [0.717, 1.165) is 32.1 Å². The van der Waals surface area contributed by atoms with Crippen LogP contribution in [0.25, 0.3) is 0 Å². The van der Waals surface area contributed by atoms with E-state index in [4.69, 9.17) is 24.8 Å². The zero-order valence-electron chi connectivity index (χ0n) is 39.5. The number of esters is 2. The van der Waals surface area contributed by atoms with E-state index in [2.05, 4.69) is 30.5 Å². The van der Waals surface area contributed by atoms with E-state index < -0.39 is 63.8 Å². The molecule has 0 aromatic rings. The van der Waals surface area contributed by atoms with E-state index in [1.54, 1.807) is 18.2 Å². The standard InChI is InChI=1S/C50H90NO11P/c1-3-5-7-9-11-13-14-15-16-17-18-19-20-21-22-23-24-26-28-32-36-40-48(53)59-42-46(43-60-63(57,58)61-44-47(51)50(55)56)62-49(54)41-37-33-29-31-35-39-45(52)38-34-30-27-25-12-10-8-6-4-2/h12,25,29-31,34-35,39,45-47,52H,3-11,13-24,26-28,32-33,36-38,40-44,51H2,1-2H3,(H,55,56)(H,57,58)/b25-12-,31-29+,34-30-,39-35-/t45?,46-,47+/m1/s1. The third-order valence-corrected chi connectivity index (χ3v) is 11.6. The minimum Gasteiger partial charge on any atom is -0.480 e. The molecule has 13 heteroatoms. The van der Waals surface area contributed by atoms with Crippen molar-refractivity contribution in [3.05, 3.63) is 48.6 Å². The Morgan fingerprint density at radius 2 is 1.05 bits per heavy atom. The molecular weight excluding hydrogens is 822 g/mol. The Labute approximate surface area is 382 Å². The summed E-state index contributed by atoms with van der Waals surface area (Å²) in [6.45, 7) is 2.66. The maximum absolute atomic E-state index is 12.6. The lowest BCUT2D eigenvalue weighted by molar-refractivity contribution is -0.161. The highest BCUT2D eigenvalue weighted by Gasteiger charge is 2.28. The number of phosphoric ester groups is 1. The monoisotopic (exact) mass is 912 g/mol. The largest absolute Gasteiger partial charge is 0.480 e. The Hall–Kier alpha value is -2.60. The number of ether oxygens (including phenoxy) is 2. The fourth-order valence-electron chi connectivity index (χ4n) is 6.73. The molecule has 0 aliphatic carbocycles. The first-order chi connectivity index (χ1) is 30.5. The highest BCUT2D eigenvalue weighted by molar-refractivity contribution is 7.47. The van der Waals surface area contributed by atoms with Gasteiger partial charge in [-0.1, -0.05) is 204 Å². The third kappa shape index (κ3) is 44.4. The zero-order valence-corrected chi connectivity index (χ0v) is 40.4. The Bertz CT molecular complexity index is 1270. The van der Waals surface area contributed by atoms with Crippen molar-refractivity contribution in [1.29, 1.82) is 0 Å². The summed E-state index contributed by atoms with van der Waals surface area (Å²) in [5.41, 5.74) is 5.34. The van der Waals surface area contributed by atoms with Crippen LogP contribution in [0.1, 0.15) is 213 Å². The number of unbranched alkanes of at least 4 members (excludes halogenated alkanes) is 24. The van der Waals surface area contributed by atoms with Gasteiger partial charge in [0.1, 0.15) is 12.6 Å². The van der Waals surface area contributed by atoms with Crippen molar-refractivity contribution < 1.29 is 52.6 Å². The van der Waals surface area contributed by atoms with Crippen molar-refractivity contribution in [3.63, 3.8) is 0 Å². The number of hydrogen-bond donors (Lipinski definition) is 4. The first kappa shape index (κ1) is 60.4. The average molecular weight is 912 g/mol. The molecule has 0 radical (unpaired) electrons. The van der Waals surface area contributed by atoms with Crippen LogP contribution in [0, 0.1) is 0 Å². The lowest BCUT2D eigenvalue weighted by atomic mass is 10.0. The summed E-state index contributed by atoms with van der Waals surface area (Å²) in [4.78, 5) is 46.1. The molecule has 0 amide bonds. The van der Waals surface area contributed by atoms with Crippen molar-refractivity contribution >= 4 is 25.7 Å². The first-order valence-electron chi connectivity index (χ1n) is 24.8. The minimum absolute atomic E-state index is 0.0269. The van der Waals surface area contributed by atoms with Gasteiger partial charge in [0.05, 0.1) is 19.3 Å². The second kappa shape index (κ2) is 44.6. The number of carbonyl (C=O) groups excluding carboxylic acids is 2. The van der Waals surface area contributed by atoms with Crippen LogP contribution in [0.5, 0.6) is 0 Å². The Morgan fingerprint density at radius 1 is 0.571 bits per heavy atom. The van der Waals surface area contributed by atoms with Gasteiger partial charge in [-0.2, -0.15) is 0 Å². The molecule has 0 saturated heterocycles. The third-order valence-electron chi connectivity index (χ3n) is 10.7. The van der Waals surface area contributed by atoms with Gasteiger partial charge in [0.25, 0.3) is 0 Å². The van der Waals surface area contributed by atoms with Gasteiger partial charge in [0.15, 0.2) is 6.10 Å². The van der Waals surface area contributed by atoms with Crippen LogP contribution in [-0.2, 0) is 37.5 Å². The second-order valence-electron chi connectivity index (χ2n) is 16.8. The molecule has 63 heavy (non-hydrogen) atoms. The number of aliphatic carboxylic acids is 1. The van der Waals surface area contributed by atoms with Crippen LogP contribution in [0.2, 0.25) is 0 Å². The molecule has 0 aromatic carbocycles. The molecule has 0 heterocycles. The Kier molecular flexibility index (Phi) is 42.8. The highest BCUT2D eigenvalue weighted by atomic mass is 31.2. The maximum Gasteiger partial charge on any atom is 0.472 e. The van der Waals surface area contributed by atoms with E-state index in [9.17, 15) is 28.9 Å². The smallest absolute Gasteiger partial charge is 0.472 e. The lowest BCUT2D eigenvalue weighted by Gasteiger charge is -2.20. The Morgan fingerprint density at radius 3 is 1.60 bits per heavy atom. The van der Waals surface area contributed by atoms with Crippen molar-refractivity contribution in [2.24, 2.45) is 5.73 Å². The zero-order chi connectivity index (χ0) is 46.5. The van der Waals surface area contributed by atoms with E-state index in [1.807, 2.05) is 18.2 Å². The van der Waals surface area contributed by atoms with Crippen LogP contribution in [-0.4, -0.2) is 71.1 Å².